The highest BCUT2D eigenvalue weighted by Gasteiger charge is 2.34. The van der Waals surface area contributed by atoms with Gasteiger partial charge in [-0.15, -0.1) is 0 Å². The monoisotopic (exact) mass is 175 g/mol. The van der Waals surface area contributed by atoms with Crippen molar-refractivity contribution in [2.75, 3.05) is 0 Å². The van der Waals surface area contributed by atoms with Crippen molar-refractivity contribution in [1.29, 1.82) is 0 Å². The van der Waals surface area contributed by atoms with Gasteiger partial charge in [-0.1, -0.05) is 43.7 Å². The van der Waals surface area contributed by atoms with Gasteiger partial charge in [0.05, 0.1) is 0 Å². The number of hydrogen-bond donors (Lipinski definition) is 1. The molecular formula is C12H17N. The van der Waals surface area contributed by atoms with Crippen LogP contribution in [0.2, 0.25) is 0 Å². The fraction of sp³-hybridized carbons (Fsp3) is 0.500. The Kier molecular flexibility index (Phi) is 2.65. The molecule has 1 aromatic carbocycles. The van der Waals surface area contributed by atoms with Crippen molar-refractivity contribution in [3.63, 3.8) is 0 Å². The zero-order valence-electron chi connectivity index (χ0n) is 8.16. The van der Waals surface area contributed by atoms with E-state index in [-0.39, 0.29) is 0 Å². The number of rotatable bonds is 4. The van der Waals surface area contributed by atoms with Crippen molar-refractivity contribution in [3.8, 4) is 0 Å². The van der Waals surface area contributed by atoms with Crippen LogP contribution in [0.5, 0.6) is 0 Å². The highest BCUT2D eigenvalue weighted by atomic mass is 15.0. The Morgan fingerprint density at radius 3 is 2.69 bits per heavy atom. The van der Waals surface area contributed by atoms with E-state index in [9.17, 15) is 0 Å². The van der Waals surface area contributed by atoms with Crippen LogP contribution >= 0.6 is 0 Å². The van der Waals surface area contributed by atoms with E-state index >= 15 is 0 Å². The Labute approximate surface area is 80.2 Å². The van der Waals surface area contributed by atoms with E-state index in [1.807, 2.05) is 0 Å². The Morgan fingerprint density at radius 2 is 2.08 bits per heavy atom. The minimum atomic E-state index is 0.796. The molecule has 2 atom stereocenters. The van der Waals surface area contributed by atoms with Gasteiger partial charge in [0.15, 0.2) is 0 Å². The third-order valence-corrected chi connectivity index (χ3v) is 2.86. The van der Waals surface area contributed by atoms with Crippen LogP contribution in [-0.4, -0.2) is 6.04 Å². The Bertz CT molecular complexity index is 255. The molecule has 0 spiro atoms. The molecule has 1 aliphatic rings. The van der Waals surface area contributed by atoms with Gasteiger partial charge in [-0.05, 0) is 17.9 Å². The highest BCUT2D eigenvalue weighted by molar-refractivity contribution is 5.14. The first-order chi connectivity index (χ1) is 6.40. The van der Waals surface area contributed by atoms with E-state index < -0.39 is 0 Å². The molecule has 13 heavy (non-hydrogen) atoms. The van der Waals surface area contributed by atoms with Crippen LogP contribution in [0.15, 0.2) is 30.3 Å². The summed E-state index contributed by atoms with van der Waals surface area (Å²) >= 11 is 0. The molecule has 0 bridgehead atoms. The summed E-state index contributed by atoms with van der Waals surface area (Å²) in [6.45, 7) is 3.30. The van der Waals surface area contributed by atoms with E-state index in [0.717, 1.165) is 18.5 Å². The van der Waals surface area contributed by atoms with Crippen LogP contribution in [0.4, 0.5) is 0 Å². The molecule has 1 aliphatic carbocycles. The Hall–Kier alpha value is -0.820. The largest absolute Gasteiger partial charge is 0.310 e. The van der Waals surface area contributed by atoms with E-state index in [1.165, 1.54) is 18.4 Å². The second-order valence-electron chi connectivity index (χ2n) is 3.88. The van der Waals surface area contributed by atoms with Gasteiger partial charge in [0.2, 0.25) is 0 Å². The number of benzene rings is 1. The molecular weight excluding hydrogens is 158 g/mol. The molecule has 0 amide bonds. The van der Waals surface area contributed by atoms with E-state index in [0.29, 0.717) is 0 Å². The summed E-state index contributed by atoms with van der Waals surface area (Å²) in [6, 6.07) is 11.4. The molecule has 1 heteroatoms. The van der Waals surface area contributed by atoms with Crippen molar-refractivity contribution in [3.05, 3.63) is 35.9 Å². The van der Waals surface area contributed by atoms with Crippen molar-refractivity contribution in [1.82, 2.24) is 5.32 Å². The average Bonchev–Trinajstić information content (AvgIpc) is 2.95. The SMILES string of the molecule is CCC1CC1NCc1ccccc1. The topological polar surface area (TPSA) is 12.0 Å². The quantitative estimate of drug-likeness (QED) is 0.741. The molecule has 0 saturated heterocycles. The van der Waals surface area contributed by atoms with Crippen LogP contribution in [-0.2, 0) is 6.54 Å². The van der Waals surface area contributed by atoms with Crippen LogP contribution in [0.3, 0.4) is 0 Å². The first kappa shape index (κ1) is 8.76. The maximum atomic E-state index is 3.57. The molecule has 2 rings (SSSR count). The number of nitrogens with one attached hydrogen (secondary N) is 1. The molecule has 70 valence electrons. The second kappa shape index (κ2) is 3.93. The first-order valence-corrected chi connectivity index (χ1v) is 5.17. The van der Waals surface area contributed by atoms with Crippen LogP contribution in [0, 0.1) is 5.92 Å². The van der Waals surface area contributed by atoms with Crippen molar-refractivity contribution in [2.45, 2.75) is 32.4 Å². The maximum absolute atomic E-state index is 3.57. The second-order valence-corrected chi connectivity index (χ2v) is 3.88. The fourth-order valence-electron chi connectivity index (χ4n) is 1.79. The summed E-state index contributed by atoms with van der Waals surface area (Å²) in [4.78, 5) is 0. The molecule has 1 aromatic rings. The van der Waals surface area contributed by atoms with Gasteiger partial charge in [0.1, 0.15) is 0 Å². The van der Waals surface area contributed by atoms with Crippen molar-refractivity contribution >= 4 is 0 Å². The molecule has 0 heterocycles. The lowest BCUT2D eigenvalue weighted by Gasteiger charge is -2.02. The summed E-state index contributed by atoms with van der Waals surface area (Å²) in [6.07, 6.45) is 2.70. The fourth-order valence-corrected chi connectivity index (χ4v) is 1.79. The Morgan fingerprint density at radius 1 is 1.31 bits per heavy atom. The molecule has 0 aromatic heterocycles. The van der Waals surface area contributed by atoms with Gasteiger partial charge in [0, 0.05) is 12.6 Å². The molecule has 1 fully saturated rings. The third kappa shape index (κ3) is 2.31. The Balaban J connectivity index is 1.75. The third-order valence-electron chi connectivity index (χ3n) is 2.86. The molecule has 2 unspecified atom stereocenters. The molecule has 0 aliphatic heterocycles. The summed E-state index contributed by atoms with van der Waals surface area (Å²) in [5.41, 5.74) is 1.39. The molecule has 0 radical (unpaired) electrons. The lowest BCUT2D eigenvalue weighted by molar-refractivity contribution is 0.623. The zero-order valence-corrected chi connectivity index (χ0v) is 8.16. The van der Waals surface area contributed by atoms with Crippen LogP contribution in [0.25, 0.3) is 0 Å². The molecule has 1 nitrogen and oxygen atoms in total. The minimum absolute atomic E-state index is 0.796. The molecule has 1 saturated carbocycles. The van der Waals surface area contributed by atoms with Gasteiger partial charge in [-0.2, -0.15) is 0 Å². The maximum Gasteiger partial charge on any atom is 0.0208 e. The predicted octanol–water partition coefficient (Wildman–Crippen LogP) is 2.57. The smallest absolute Gasteiger partial charge is 0.0208 e. The van der Waals surface area contributed by atoms with Crippen molar-refractivity contribution in [2.24, 2.45) is 5.92 Å². The summed E-state index contributed by atoms with van der Waals surface area (Å²) < 4.78 is 0. The van der Waals surface area contributed by atoms with Gasteiger partial charge in [0.25, 0.3) is 0 Å². The lowest BCUT2D eigenvalue weighted by atomic mass is 10.2. The number of hydrogen-bond acceptors (Lipinski definition) is 1. The lowest BCUT2D eigenvalue weighted by Crippen LogP contribution is -2.17. The van der Waals surface area contributed by atoms with Gasteiger partial charge >= 0.3 is 0 Å². The molecule has 1 N–H and O–H groups in total. The summed E-state index contributed by atoms with van der Waals surface area (Å²) in [5.74, 6) is 0.948. The van der Waals surface area contributed by atoms with Crippen LogP contribution in [0.1, 0.15) is 25.3 Å². The van der Waals surface area contributed by atoms with Gasteiger partial charge in [-0.25, -0.2) is 0 Å². The summed E-state index contributed by atoms with van der Waals surface area (Å²) in [7, 11) is 0. The van der Waals surface area contributed by atoms with E-state index in [4.69, 9.17) is 0 Å². The first-order valence-electron chi connectivity index (χ1n) is 5.17. The average molecular weight is 175 g/mol. The highest BCUT2D eigenvalue weighted by Crippen LogP contribution is 2.33. The normalized spacial score (nSPS) is 25.9. The van der Waals surface area contributed by atoms with E-state index in [2.05, 4.69) is 42.6 Å². The van der Waals surface area contributed by atoms with Gasteiger partial charge in [-0.3, -0.25) is 0 Å². The summed E-state index contributed by atoms with van der Waals surface area (Å²) in [5, 5.41) is 3.57. The van der Waals surface area contributed by atoms with Gasteiger partial charge < -0.3 is 5.32 Å². The predicted molar refractivity (Wildman–Crippen MR) is 55.5 cm³/mol. The van der Waals surface area contributed by atoms with Crippen LogP contribution < -0.4 is 5.32 Å². The minimum Gasteiger partial charge on any atom is -0.310 e. The zero-order chi connectivity index (χ0) is 9.10. The standard InChI is InChI=1S/C12H17N/c1-2-11-8-12(11)13-9-10-6-4-3-5-7-10/h3-7,11-13H,2,8-9H2,1H3. The van der Waals surface area contributed by atoms with E-state index in [1.54, 1.807) is 0 Å². The van der Waals surface area contributed by atoms with Crippen molar-refractivity contribution < 1.29 is 0 Å².